The van der Waals surface area contributed by atoms with Crippen molar-refractivity contribution >= 4 is 17.3 Å². The van der Waals surface area contributed by atoms with E-state index in [0.717, 1.165) is 29.5 Å². The van der Waals surface area contributed by atoms with E-state index in [1.165, 1.54) is 0 Å². The van der Waals surface area contributed by atoms with Gasteiger partial charge in [-0.3, -0.25) is 0 Å². The molecule has 1 aromatic carbocycles. The summed E-state index contributed by atoms with van der Waals surface area (Å²) >= 11 is 0. The number of hydrogen-bond donors (Lipinski definition) is 2. The molecule has 0 spiro atoms. The monoisotopic (exact) mass is 300 g/mol. The zero-order valence-electron chi connectivity index (χ0n) is 13.6. The van der Waals surface area contributed by atoms with Crippen molar-refractivity contribution < 1.29 is 4.74 Å². The molecule has 5 heteroatoms. The third kappa shape index (κ3) is 4.62. The molecular weight excluding hydrogens is 276 g/mol. The van der Waals surface area contributed by atoms with Gasteiger partial charge in [-0.05, 0) is 39.3 Å². The first-order valence-corrected chi connectivity index (χ1v) is 7.69. The van der Waals surface area contributed by atoms with E-state index < -0.39 is 0 Å². The second kappa shape index (κ2) is 7.64. The lowest BCUT2D eigenvalue weighted by atomic mass is 10.2. The van der Waals surface area contributed by atoms with Gasteiger partial charge >= 0.3 is 0 Å². The minimum atomic E-state index is 0.121. The highest BCUT2D eigenvalue weighted by molar-refractivity contribution is 5.65. The molecule has 2 N–H and O–H groups in total. The average Bonchev–Trinajstić information content (AvgIpc) is 2.49. The lowest BCUT2D eigenvalue weighted by Gasteiger charge is -2.16. The summed E-state index contributed by atoms with van der Waals surface area (Å²) in [5.41, 5.74) is 0.893. The van der Waals surface area contributed by atoms with Crippen molar-refractivity contribution in [3.05, 3.63) is 36.7 Å². The molecule has 118 valence electrons. The number of nitrogens with zero attached hydrogens (tertiary/aromatic N) is 2. The van der Waals surface area contributed by atoms with Crippen LogP contribution >= 0.6 is 0 Å². The van der Waals surface area contributed by atoms with E-state index in [2.05, 4.69) is 34.4 Å². The lowest BCUT2D eigenvalue weighted by molar-refractivity contribution is 0.244. The Hall–Kier alpha value is -2.30. The van der Waals surface area contributed by atoms with Gasteiger partial charge in [-0.2, -0.15) is 0 Å². The molecule has 1 unspecified atom stereocenters. The summed E-state index contributed by atoms with van der Waals surface area (Å²) in [5, 5.41) is 6.64. The van der Waals surface area contributed by atoms with Crippen LogP contribution in [-0.2, 0) is 0 Å². The number of rotatable bonds is 7. The van der Waals surface area contributed by atoms with Crippen molar-refractivity contribution in [1.82, 2.24) is 9.97 Å². The molecule has 0 saturated heterocycles. The molecule has 5 nitrogen and oxygen atoms in total. The molecule has 0 bridgehead atoms. The van der Waals surface area contributed by atoms with Crippen LogP contribution in [0.3, 0.4) is 0 Å². The number of aromatic nitrogens is 2. The Bertz CT molecular complexity index is 601. The number of nitrogens with one attached hydrogen (secondary N) is 2. The Morgan fingerprint density at radius 2 is 1.82 bits per heavy atom. The van der Waals surface area contributed by atoms with Gasteiger partial charge < -0.3 is 15.4 Å². The molecule has 0 aliphatic carbocycles. The number of ether oxygens (including phenoxy) is 1. The zero-order valence-corrected chi connectivity index (χ0v) is 13.6. The van der Waals surface area contributed by atoms with E-state index in [4.69, 9.17) is 4.74 Å². The first-order chi connectivity index (χ1) is 10.6. The van der Waals surface area contributed by atoms with Crippen molar-refractivity contribution in [3.63, 3.8) is 0 Å². The van der Waals surface area contributed by atoms with E-state index in [1.54, 1.807) is 6.33 Å². The van der Waals surface area contributed by atoms with Gasteiger partial charge in [0.15, 0.2) is 0 Å². The van der Waals surface area contributed by atoms with Crippen LogP contribution in [0, 0.1) is 0 Å². The fraction of sp³-hybridized carbons (Fsp3) is 0.412. The van der Waals surface area contributed by atoms with E-state index in [-0.39, 0.29) is 6.10 Å². The Kier molecular flexibility index (Phi) is 5.58. The van der Waals surface area contributed by atoms with Gasteiger partial charge in [0, 0.05) is 12.1 Å². The highest BCUT2D eigenvalue weighted by Gasteiger charge is 2.07. The maximum Gasteiger partial charge on any atom is 0.143 e. The number of benzene rings is 1. The smallest absolute Gasteiger partial charge is 0.143 e. The third-order valence-electron chi connectivity index (χ3n) is 3.19. The first kappa shape index (κ1) is 16.1. The van der Waals surface area contributed by atoms with Crippen LogP contribution < -0.4 is 15.4 Å². The summed E-state index contributed by atoms with van der Waals surface area (Å²) in [6, 6.07) is 10.1. The molecule has 0 aliphatic rings. The van der Waals surface area contributed by atoms with Crippen LogP contribution in [0.2, 0.25) is 0 Å². The second-order valence-electron chi connectivity index (χ2n) is 5.53. The van der Waals surface area contributed by atoms with Crippen LogP contribution in [0.25, 0.3) is 0 Å². The predicted octanol–water partition coefficient (Wildman–Crippen LogP) is 4.22. The number of para-hydroxylation sites is 2. The molecule has 0 aliphatic heterocycles. The van der Waals surface area contributed by atoms with Crippen molar-refractivity contribution in [1.29, 1.82) is 0 Å². The van der Waals surface area contributed by atoms with Crippen LogP contribution in [0.15, 0.2) is 36.7 Å². The number of anilines is 3. The zero-order chi connectivity index (χ0) is 15.9. The Labute approximate surface area is 132 Å². The molecule has 0 radical (unpaired) electrons. The Morgan fingerprint density at radius 1 is 1.09 bits per heavy atom. The SMILES string of the molecule is CCC(C)Nc1cc(Nc2ccccc2OC(C)C)ncn1. The molecule has 2 rings (SSSR count). The van der Waals surface area contributed by atoms with Crippen LogP contribution in [0.5, 0.6) is 5.75 Å². The maximum absolute atomic E-state index is 5.81. The second-order valence-corrected chi connectivity index (χ2v) is 5.53. The molecule has 1 heterocycles. The van der Waals surface area contributed by atoms with Gasteiger partial charge in [0.05, 0.1) is 11.8 Å². The van der Waals surface area contributed by atoms with Crippen LogP contribution in [-0.4, -0.2) is 22.1 Å². The van der Waals surface area contributed by atoms with Gasteiger partial charge in [-0.15, -0.1) is 0 Å². The molecule has 2 aromatic rings. The van der Waals surface area contributed by atoms with E-state index in [0.29, 0.717) is 6.04 Å². The minimum Gasteiger partial charge on any atom is -0.489 e. The third-order valence-corrected chi connectivity index (χ3v) is 3.19. The molecule has 0 amide bonds. The Morgan fingerprint density at radius 3 is 2.55 bits per heavy atom. The number of hydrogen-bond acceptors (Lipinski definition) is 5. The van der Waals surface area contributed by atoms with E-state index >= 15 is 0 Å². The van der Waals surface area contributed by atoms with Gasteiger partial charge in [0.25, 0.3) is 0 Å². The van der Waals surface area contributed by atoms with Crippen LogP contribution in [0.4, 0.5) is 17.3 Å². The average molecular weight is 300 g/mol. The normalized spacial score (nSPS) is 12.0. The van der Waals surface area contributed by atoms with Crippen molar-refractivity contribution in [2.24, 2.45) is 0 Å². The molecular formula is C17H24N4O. The van der Waals surface area contributed by atoms with Gasteiger partial charge in [-0.1, -0.05) is 19.1 Å². The van der Waals surface area contributed by atoms with E-state index in [1.807, 2.05) is 44.2 Å². The fourth-order valence-corrected chi connectivity index (χ4v) is 1.92. The summed E-state index contributed by atoms with van der Waals surface area (Å²) in [5.74, 6) is 2.36. The largest absolute Gasteiger partial charge is 0.489 e. The Balaban J connectivity index is 2.15. The fourth-order valence-electron chi connectivity index (χ4n) is 1.92. The topological polar surface area (TPSA) is 59.1 Å². The molecule has 1 atom stereocenters. The highest BCUT2D eigenvalue weighted by Crippen LogP contribution is 2.28. The van der Waals surface area contributed by atoms with Gasteiger partial charge in [0.1, 0.15) is 23.7 Å². The summed E-state index contributed by atoms with van der Waals surface area (Å²) in [7, 11) is 0. The van der Waals surface area contributed by atoms with Gasteiger partial charge in [-0.25, -0.2) is 9.97 Å². The standard InChI is InChI=1S/C17H24N4O/c1-5-13(4)20-16-10-17(19-11-18-16)21-14-8-6-7-9-15(14)22-12(2)3/h6-13H,5H2,1-4H3,(H2,18,19,20,21). The van der Waals surface area contributed by atoms with Gasteiger partial charge in [0.2, 0.25) is 0 Å². The molecule has 22 heavy (non-hydrogen) atoms. The summed E-state index contributed by atoms with van der Waals surface area (Å²) in [6.45, 7) is 8.28. The highest BCUT2D eigenvalue weighted by atomic mass is 16.5. The van der Waals surface area contributed by atoms with E-state index in [9.17, 15) is 0 Å². The quantitative estimate of drug-likeness (QED) is 0.802. The summed E-state index contributed by atoms with van der Waals surface area (Å²) in [6.07, 6.45) is 2.72. The molecule has 0 saturated carbocycles. The van der Waals surface area contributed by atoms with Crippen molar-refractivity contribution in [2.75, 3.05) is 10.6 Å². The van der Waals surface area contributed by atoms with Crippen LogP contribution in [0.1, 0.15) is 34.1 Å². The summed E-state index contributed by atoms with van der Waals surface area (Å²) < 4.78 is 5.81. The molecule has 0 fully saturated rings. The lowest BCUT2D eigenvalue weighted by Crippen LogP contribution is -2.14. The minimum absolute atomic E-state index is 0.121. The van der Waals surface area contributed by atoms with Crippen molar-refractivity contribution in [3.8, 4) is 5.75 Å². The maximum atomic E-state index is 5.81. The van der Waals surface area contributed by atoms with Crippen molar-refractivity contribution in [2.45, 2.75) is 46.3 Å². The first-order valence-electron chi connectivity index (χ1n) is 7.69. The summed E-state index contributed by atoms with van der Waals surface area (Å²) in [4.78, 5) is 8.52. The predicted molar refractivity (Wildman–Crippen MR) is 90.9 cm³/mol. The molecule has 1 aromatic heterocycles.